The van der Waals surface area contributed by atoms with E-state index in [9.17, 15) is 4.39 Å². The maximum atomic E-state index is 13.5. The van der Waals surface area contributed by atoms with Gasteiger partial charge in [-0.3, -0.25) is 4.90 Å². The Morgan fingerprint density at radius 3 is 2.70 bits per heavy atom. The van der Waals surface area contributed by atoms with E-state index in [4.69, 9.17) is 11.6 Å². The SMILES string of the molecule is CC(C1CC1)N1CCN(c2ccc(Cl)c(F)n2)[C@@H](C)C1. The highest BCUT2D eigenvalue weighted by Crippen LogP contribution is 2.36. The van der Waals surface area contributed by atoms with Gasteiger partial charge in [0.2, 0.25) is 5.95 Å². The summed E-state index contributed by atoms with van der Waals surface area (Å²) in [5.74, 6) is 1.00. The molecule has 1 aromatic heterocycles. The molecule has 0 aromatic carbocycles. The molecule has 0 radical (unpaired) electrons. The van der Waals surface area contributed by atoms with Gasteiger partial charge in [0.05, 0.1) is 5.02 Å². The molecule has 2 heterocycles. The van der Waals surface area contributed by atoms with Crippen LogP contribution in [0.5, 0.6) is 0 Å². The van der Waals surface area contributed by atoms with Gasteiger partial charge in [-0.25, -0.2) is 4.98 Å². The first-order valence-corrected chi connectivity index (χ1v) is 7.77. The van der Waals surface area contributed by atoms with Crippen LogP contribution in [0.3, 0.4) is 0 Å². The molecule has 3 nitrogen and oxygen atoms in total. The van der Waals surface area contributed by atoms with Gasteiger partial charge in [-0.05, 0) is 44.7 Å². The fraction of sp³-hybridized carbons (Fsp3) is 0.667. The maximum absolute atomic E-state index is 13.5. The molecule has 0 N–H and O–H groups in total. The quantitative estimate of drug-likeness (QED) is 0.799. The van der Waals surface area contributed by atoms with Crippen LogP contribution in [-0.2, 0) is 0 Å². The fourth-order valence-electron chi connectivity index (χ4n) is 3.14. The molecule has 1 aromatic rings. The zero-order valence-electron chi connectivity index (χ0n) is 12.0. The van der Waals surface area contributed by atoms with Crippen LogP contribution in [0, 0.1) is 11.9 Å². The predicted molar refractivity (Wildman–Crippen MR) is 79.8 cm³/mol. The van der Waals surface area contributed by atoms with Crippen molar-refractivity contribution in [2.75, 3.05) is 24.5 Å². The molecule has 5 heteroatoms. The van der Waals surface area contributed by atoms with E-state index in [-0.39, 0.29) is 5.02 Å². The predicted octanol–water partition coefficient (Wildman–Crippen LogP) is 3.18. The summed E-state index contributed by atoms with van der Waals surface area (Å²) in [5, 5.41) is 0.0856. The number of pyridine rings is 1. The zero-order valence-corrected chi connectivity index (χ0v) is 12.8. The van der Waals surface area contributed by atoms with E-state index in [0.717, 1.165) is 25.6 Å². The number of piperazine rings is 1. The number of rotatable bonds is 3. The normalized spacial score (nSPS) is 25.8. The second-order valence-corrected chi connectivity index (χ2v) is 6.46. The fourth-order valence-corrected chi connectivity index (χ4v) is 3.25. The third-order valence-corrected chi connectivity index (χ3v) is 4.90. The number of aromatic nitrogens is 1. The van der Waals surface area contributed by atoms with Gasteiger partial charge in [0.1, 0.15) is 5.82 Å². The Kier molecular flexibility index (Phi) is 3.87. The molecule has 2 atom stereocenters. The summed E-state index contributed by atoms with van der Waals surface area (Å²) in [6.45, 7) is 7.45. The van der Waals surface area contributed by atoms with Gasteiger partial charge in [-0.1, -0.05) is 11.6 Å². The Bertz CT molecular complexity index is 492. The summed E-state index contributed by atoms with van der Waals surface area (Å²) in [5.41, 5.74) is 0. The second-order valence-electron chi connectivity index (χ2n) is 6.06. The van der Waals surface area contributed by atoms with E-state index in [1.807, 2.05) is 6.07 Å². The average molecular weight is 298 g/mol. The lowest BCUT2D eigenvalue weighted by Crippen LogP contribution is -2.55. The molecule has 2 fully saturated rings. The van der Waals surface area contributed by atoms with Crippen molar-refractivity contribution in [3.8, 4) is 0 Å². The Labute approximate surface area is 124 Å². The van der Waals surface area contributed by atoms with E-state index < -0.39 is 5.95 Å². The van der Waals surface area contributed by atoms with E-state index in [1.165, 1.54) is 12.8 Å². The number of halogens is 2. The van der Waals surface area contributed by atoms with Gasteiger partial charge in [0.15, 0.2) is 0 Å². The van der Waals surface area contributed by atoms with Gasteiger partial charge in [0.25, 0.3) is 0 Å². The van der Waals surface area contributed by atoms with Gasteiger partial charge in [0, 0.05) is 31.7 Å². The van der Waals surface area contributed by atoms with E-state index in [1.54, 1.807) is 6.07 Å². The maximum Gasteiger partial charge on any atom is 0.233 e. The van der Waals surface area contributed by atoms with Crippen LogP contribution in [0.1, 0.15) is 26.7 Å². The lowest BCUT2D eigenvalue weighted by molar-refractivity contribution is 0.158. The summed E-state index contributed by atoms with van der Waals surface area (Å²) in [6.07, 6.45) is 2.75. The van der Waals surface area contributed by atoms with Crippen molar-refractivity contribution in [1.82, 2.24) is 9.88 Å². The first-order valence-electron chi connectivity index (χ1n) is 7.39. The molecular formula is C15H21ClFN3. The molecule has 0 spiro atoms. The minimum Gasteiger partial charge on any atom is -0.351 e. The van der Waals surface area contributed by atoms with Crippen LogP contribution in [0.4, 0.5) is 10.2 Å². The van der Waals surface area contributed by atoms with Crippen molar-refractivity contribution in [3.05, 3.63) is 23.1 Å². The third-order valence-electron chi connectivity index (χ3n) is 4.62. The van der Waals surface area contributed by atoms with Crippen LogP contribution in [-0.4, -0.2) is 41.6 Å². The van der Waals surface area contributed by atoms with Gasteiger partial charge in [-0.2, -0.15) is 4.39 Å². The topological polar surface area (TPSA) is 19.4 Å². The van der Waals surface area contributed by atoms with E-state index in [0.29, 0.717) is 17.9 Å². The third kappa shape index (κ3) is 2.77. The Morgan fingerprint density at radius 2 is 2.10 bits per heavy atom. The molecule has 0 bridgehead atoms. The summed E-state index contributed by atoms with van der Waals surface area (Å²) in [4.78, 5) is 8.71. The van der Waals surface area contributed by atoms with Gasteiger partial charge < -0.3 is 4.90 Å². The van der Waals surface area contributed by atoms with E-state index >= 15 is 0 Å². The summed E-state index contributed by atoms with van der Waals surface area (Å²) in [6, 6.07) is 4.42. The molecule has 1 aliphatic heterocycles. The van der Waals surface area contributed by atoms with Crippen molar-refractivity contribution in [1.29, 1.82) is 0 Å². The minimum absolute atomic E-state index is 0.0856. The number of anilines is 1. The Balaban J connectivity index is 1.68. The van der Waals surface area contributed by atoms with Crippen molar-refractivity contribution in [2.45, 2.75) is 38.8 Å². The first kappa shape index (κ1) is 14.1. The van der Waals surface area contributed by atoms with Crippen LogP contribution >= 0.6 is 11.6 Å². The summed E-state index contributed by atoms with van der Waals surface area (Å²) >= 11 is 5.70. The molecule has 1 aliphatic carbocycles. The van der Waals surface area contributed by atoms with Crippen molar-refractivity contribution in [3.63, 3.8) is 0 Å². The van der Waals surface area contributed by atoms with Crippen LogP contribution < -0.4 is 4.90 Å². The molecule has 20 heavy (non-hydrogen) atoms. The van der Waals surface area contributed by atoms with Crippen molar-refractivity contribution < 1.29 is 4.39 Å². The molecule has 1 saturated heterocycles. The Hall–Kier alpha value is -0.870. The van der Waals surface area contributed by atoms with Crippen LogP contribution in [0.2, 0.25) is 5.02 Å². The summed E-state index contributed by atoms with van der Waals surface area (Å²) in [7, 11) is 0. The molecule has 1 saturated carbocycles. The molecule has 110 valence electrons. The van der Waals surface area contributed by atoms with Gasteiger partial charge in [-0.15, -0.1) is 0 Å². The second kappa shape index (κ2) is 5.49. The molecule has 0 amide bonds. The molecule has 2 aliphatic rings. The van der Waals surface area contributed by atoms with Crippen LogP contribution in [0.25, 0.3) is 0 Å². The molecular weight excluding hydrogens is 277 g/mol. The first-order chi connectivity index (χ1) is 9.56. The number of nitrogens with zero attached hydrogens (tertiary/aromatic N) is 3. The van der Waals surface area contributed by atoms with Crippen molar-refractivity contribution >= 4 is 17.4 Å². The van der Waals surface area contributed by atoms with Crippen LogP contribution in [0.15, 0.2) is 12.1 Å². The van der Waals surface area contributed by atoms with E-state index in [2.05, 4.69) is 28.6 Å². The smallest absolute Gasteiger partial charge is 0.233 e. The zero-order chi connectivity index (χ0) is 14.3. The number of hydrogen-bond donors (Lipinski definition) is 0. The highest BCUT2D eigenvalue weighted by Gasteiger charge is 2.35. The Morgan fingerprint density at radius 1 is 1.35 bits per heavy atom. The molecule has 3 rings (SSSR count). The highest BCUT2D eigenvalue weighted by molar-refractivity contribution is 6.30. The van der Waals surface area contributed by atoms with Gasteiger partial charge >= 0.3 is 0 Å². The standard InChI is InChI=1S/C15H21ClFN3/c1-10-9-19(11(2)12-3-4-12)7-8-20(10)14-6-5-13(16)15(17)18-14/h5-6,10-12H,3-4,7-9H2,1-2H3/t10-,11?/m0/s1. The van der Waals surface area contributed by atoms with Crippen molar-refractivity contribution in [2.24, 2.45) is 5.92 Å². The lowest BCUT2D eigenvalue weighted by Gasteiger charge is -2.43. The lowest BCUT2D eigenvalue weighted by atomic mass is 10.1. The largest absolute Gasteiger partial charge is 0.351 e. The number of hydrogen-bond acceptors (Lipinski definition) is 3. The monoisotopic (exact) mass is 297 g/mol. The highest BCUT2D eigenvalue weighted by atomic mass is 35.5. The minimum atomic E-state index is -0.579. The average Bonchev–Trinajstić information content (AvgIpc) is 3.25. The molecule has 1 unspecified atom stereocenters. The summed E-state index contributed by atoms with van der Waals surface area (Å²) < 4.78 is 13.5.